The van der Waals surface area contributed by atoms with Crippen LogP contribution in [0.5, 0.6) is 0 Å². The Morgan fingerprint density at radius 2 is 1.71 bits per heavy atom. The number of unbranched alkanes of at least 4 members (excludes halogenated alkanes) is 3. The van der Waals surface area contributed by atoms with Gasteiger partial charge in [0.15, 0.2) is 5.79 Å². The van der Waals surface area contributed by atoms with Gasteiger partial charge in [-0.1, -0.05) is 26.2 Å². The first-order valence-electron chi connectivity index (χ1n) is 6.36. The van der Waals surface area contributed by atoms with E-state index in [9.17, 15) is 20.4 Å². The average Bonchev–Trinajstić information content (AvgIpc) is 2.30. The van der Waals surface area contributed by atoms with Crippen LogP contribution in [0.2, 0.25) is 0 Å². The van der Waals surface area contributed by atoms with Crippen LogP contribution in [0.4, 0.5) is 0 Å². The summed E-state index contributed by atoms with van der Waals surface area (Å²) in [7, 11) is 0. The first-order valence-corrected chi connectivity index (χ1v) is 6.36. The summed E-state index contributed by atoms with van der Waals surface area (Å²) < 4.78 is 5.24. The monoisotopic (exact) mass is 248 g/mol. The minimum absolute atomic E-state index is 0.266. The van der Waals surface area contributed by atoms with Crippen molar-refractivity contribution < 1.29 is 25.2 Å². The van der Waals surface area contributed by atoms with E-state index in [1.165, 1.54) is 0 Å². The van der Waals surface area contributed by atoms with Crippen molar-refractivity contribution in [2.75, 3.05) is 0 Å². The van der Waals surface area contributed by atoms with Crippen molar-refractivity contribution in [3.63, 3.8) is 0 Å². The van der Waals surface area contributed by atoms with Gasteiger partial charge in [-0.2, -0.15) is 0 Å². The molecule has 17 heavy (non-hydrogen) atoms. The lowest BCUT2D eigenvalue weighted by Crippen LogP contribution is -2.63. The third-order valence-corrected chi connectivity index (χ3v) is 3.40. The zero-order valence-corrected chi connectivity index (χ0v) is 10.5. The van der Waals surface area contributed by atoms with Gasteiger partial charge in [0.25, 0.3) is 0 Å². The summed E-state index contributed by atoms with van der Waals surface area (Å²) in [6.07, 6.45) is -0.607. The molecular formula is C12H24O5. The van der Waals surface area contributed by atoms with Crippen molar-refractivity contribution in [1.82, 2.24) is 0 Å². The fraction of sp³-hybridized carbons (Fsp3) is 1.00. The van der Waals surface area contributed by atoms with Crippen molar-refractivity contribution in [1.29, 1.82) is 0 Å². The molecule has 5 heteroatoms. The third-order valence-electron chi connectivity index (χ3n) is 3.40. The molecule has 0 spiro atoms. The molecule has 0 aliphatic carbocycles. The first kappa shape index (κ1) is 14.9. The van der Waals surface area contributed by atoms with Crippen molar-refractivity contribution in [3.8, 4) is 0 Å². The van der Waals surface area contributed by atoms with Crippen LogP contribution in [0.15, 0.2) is 0 Å². The van der Waals surface area contributed by atoms with Crippen LogP contribution in [0, 0.1) is 0 Å². The van der Waals surface area contributed by atoms with Crippen LogP contribution in [0.1, 0.15) is 46.0 Å². The molecule has 1 heterocycles. The summed E-state index contributed by atoms with van der Waals surface area (Å²) in [5.74, 6) is -1.74. The molecule has 0 aromatic carbocycles. The van der Waals surface area contributed by atoms with Crippen LogP contribution < -0.4 is 0 Å². The summed E-state index contributed by atoms with van der Waals surface area (Å²) >= 11 is 0. The molecule has 1 saturated heterocycles. The molecule has 0 unspecified atom stereocenters. The van der Waals surface area contributed by atoms with E-state index in [0.29, 0.717) is 0 Å². The standard InChI is InChI=1S/C12H24O5/c1-3-4-5-6-7-12(16)11(15)10(14)9(13)8(2)17-12/h8-11,13-16H,3-7H2,1-2H3/t8-,9+,10+,11-,12+/m1/s1. The van der Waals surface area contributed by atoms with Crippen molar-refractivity contribution in [3.05, 3.63) is 0 Å². The Morgan fingerprint density at radius 1 is 1.06 bits per heavy atom. The van der Waals surface area contributed by atoms with Gasteiger partial charge in [0.05, 0.1) is 6.10 Å². The number of aliphatic hydroxyl groups is 4. The lowest BCUT2D eigenvalue weighted by atomic mass is 9.90. The highest BCUT2D eigenvalue weighted by Gasteiger charge is 2.50. The predicted molar refractivity (Wildman–Crippen MR) is 62.3 cm³/mol. The van der Waals surface area contributed by atoms with E-state index < -0.39 is 30.2 Å². The molecule has 102 valence electrons. The summed E-state index contributed by atoms with van der Waals surface area (Å²) in [4.78, 5) is 0. The largest absolute Gasteiger partial charge is 0.388 e. The maximum absolute atomic E-state index is 10.2. The second-order valence-electron chi connectivity index (χ2n) is 4.90. The van der Waals surface area contributed by atoms with Gasteiger partial charge in [0.2, 0.25) is 0 Å². The summed E-state index contributed by atoms with van der Waals surface area (Å²) in [6, 6.07) is 0. The molecule has 4 N–H and O–H groups in total. The Hall–Kier alpha value is -0.200. The number of ether oxygens (including phenoxy) is 1. The van der Waals surface area contributed by atoms with Gasteiger partial charge >= 0.3 is 0 Å². The Bertz CT molecular complexity index is 235. The highest BCUT2D eigenvalue weighted by Crippen LogP contribution is 2.32. The minimum Gasteiger partial charge on any atom is -0.388 e. The van der Waals surface area contributed by atoms with E-state index in [4.69, 9.17) is 4.74 Å². The van der Waals surface area contributed by atoms with Crippen molar-refractivity contribution in [2.24, 2.45) is 0 Å². The molecule has 0 amide bonds. The summed E-state index contributed by atoms with van der Waals surface area (Å²) in [5, 5.41) is 39.0. The SMILES string of the molecule is CCCCCC[C@]1(O)O[C@H](C)[C@H](O)[C@H](O)[C@H]1O. The van der Waals surface area contributed by atoms with Gasteiger partial charge in [-0.3, -0.25) is 0 Å². The van der Waals surface area contributed by atoms with Crippen LogP contribution in [-0.4, -0.2) is 50.6 Å². The van der Waals surface area contributed by atoms with E-state index >= 15 is 0 Å². The third kappa shape index (κ3) is 3.39. The number of hydrogen-bond donors (Lipinski definition) is 4. The van der Waals surface area contributed by atoms with Crippen molar-refractivity contribution >= 4 is 0 Å². The summed E-state index contributed by atoms with van der Waals surface area (Å²) in [5.41, 5.74) is 0. The maximum Gasteiger partial charge on any atom is 0.195 e. The fourth-order valence-corrected chi connectivity index (χ4v) is 2.20. The Balaban J connectivity index is 2.54. The van der Waals surface area contributed by atoms with E-state index in [2.05, 4.69) is 6.92 Å². The average molecular weight is 248 g/mol. The van der Waals surface area contributed by atoms with Gasteiger partial charge in [0, 0.05) is 6.42 Å². The second-order valence-corrected chi connectivity index (χ2v) is 4.90. The van der Waals surface area contributed by atoms with Crippen LogP contribution in [-0.2, 0) is 4.74 Å². The van der Waals surface area contributed by atoms with E-state index in [-0.39, 0.29) is 6.42 Å². The van der Waals surface area contributed by atoms with E-state index in [1.54, 1.807) is 6.92 Å². The normalized spacial score (nSPS) is 42.7. The molecule has 1 fully saturated rings. The fourth-order valence-electron chi connectivity index (χ4n) is 2.20. The molecule has 1 rings (SSSR count). The highest BCUT2D eigenvalue weighted by atomic mass is 16.7. The quantitative estimate of drug-likeness (QED) is 0.520. The van der Waals surface area contributed by atoms with Gasteiger partial charge in [-0.15, -0.1) is 0 Å². The van der Waals surface area contributed by atoms with Gasteiger partial charge in [-0.05, 0) is 13.3 Å². The molecule has 1 aliphatic heterocycles. The number of hydrogen-bond acceptors (Lipinski definition) is 5. The molecule has 0 aromatic heterocycles. The molecular weight excluding hydrogens is 224 g/mol. The smallest absolute Gasteiger partial charge is 0.195 e. The molecule has 0 saturated carbocycles. The molecule has 5 nitrogen and oxygen atoms in total. The molecule has 0 radical (unpaired) electrons. The number of rotatable bonds is 5. The van der Waals surface area contributed by atoms with E-state index in [0.717, 1.165) is 25.7 Å². The van der Waals surface area contributed by atoms with Gasteiger partial charge in [0.1, 0.15) is 18.3 Å². The lowest BCUT2D eigenvalue weighted by molar-refractivity contribution is -0.345. The summed E-state index contributed by atoms with van der Waals surface area (Å²) in [6.45, 7) is 3.65. The Morgan fingerprint density at radius 3 is 2.29 bits per heavy atom. The van der Waals surface area contributed by atoms with Crippen LogP contribution >= 0.6 is 0 Å². The lowest BCUT2D eigenvalue weighted by Gasteiger charge is -2.45. The maximum atomic E-state index is 10.2. The molecule has 0 bridgehead atoms. The topological polar surface area (TPSA) is 90.2 Å². The number of aliphatic hydroxyl groups excluding tert-OH is 3. The highest BCUT2D eigenvalue weighted by molar-refractivity contribution is 4.94. The predicted octanol–water partition coefficient (Wildman–Crippen LogP) is 0.147. The zero-order valence-electron chi connectivity index (χ0n) is 10.5. The zero-order chi connectivity index (χ0) is 13.1. The Labute approximate surface area is 102 Å². The van der Waals surface area contributed by atoms with Crippen LogP contribution in [0.3, 0.4) is 0 Å². The van der Waals surface area contributed by atoms with Gasteiger partial charge in [-0.25, -0.2) is 0 Å². The molecule has 1 aliphatic rings. The second kappa shape index (κ2) is 6.11. The minimum atomic E-state index is -1.74. The van der Waals surface area contributed by atoms with Gasteiger partial charge < -0.3 is 25.2 Å². The molecule has 5 atom stereocenters. The Kier molecular flexibility index (Phi) is 5.34. The first-order chi connectivity index (χ1) is 7.92. The molecule has 0 aromatic rings. The van der Waals surface area contributed by atoms with E-state index in [1.807, 2.05) is 0 Å². The van der Waals surface area contributed by atoms with Crippen molar-refractivity contribution in [2.45, 2.75) is 76.2 Å². The van der Waals surface area contributed by atoms with Crippen LogP contribution in [0.25, 0.3) is 0 Å².